The Morgan fingerprint density at radius 3 is 2.93 bits per heavy atom. The molecule has 1 aliphatic heterocycles. The van der Waals surface area contributed by atoms with Crippen LogP contribution in [-0.2, 0) is 4.74 Å². The summed E-state index contributed by atoms with van der Waals surface area (Å²) in [5, 5.41) is 3.46. The van der Waals surface area contributed by atoms with E-state index in [4.69, 9.17) is 10.5 Å². The fourth-order valence-corrected chi connectivity index (χ4v) is 1.99. The molecule has 2 rings (SSSR count). The van der Waals surface area contributed by atoms with Crippen molar-refractivity contribution < 1.29 is 4.74 Å². The maximum Gasteiger partial charge on any atom is 0.0667 e. The van der Waals surface area contributed by atoms with Crippen LogP contribution in [0.5, 0.6) is 0 Å². The Balaban J connectivity index is 2.02. The summed E-state index contributed by atoms with van der Waals surface area (Å²) in [6.45, 7) is 3.75. The maximum atomic E-state index is 5.79. The Morgan fingerprint density at radius 2 is 2.27 bits per heavy atom. The smallest absolute Gasteiger partial charge is 0.0667 e. The molecule has 1 unspecified atom stereocenters. The molecule has 1 fully saturated rings. The average Bonchev–Trinajstić information content (AvgIpc) is 2.17. The van der Waals surface area contributed by atoms with Crippen molar-refractivity contribution in [1.29, 1.82) is 0 Å². The van der Waals surface area contributed by atoms with Gasteiger partial charge in [-0.3, -0.25) is 0 Å². The number of hydrogen-bond acceptors (Lipinski definition) is 3. The number of aryl methyl sites for hydroxylation is 1. The molecule has 1 aliphatic rings. The zero-order chi connectivity index (χ0) is 10.7. The largest absolute Gasteiger partial charge is 0.399 e. The van der Waals surface area contributed by atoms with E-state index in [0.29, 0.717) is 6.04 Å². The van der Waals surface area contributed by atoms with Crippen molar-refractivity contribution in [2.24, 2.45) is 0 Å². The third kappa shape index (κ3) is 2.86. The van der Waals surface area contributed by atoms with Crippen LogP contribution in [0.15, 0.2) is 18.2 Å². The fraction of sp³-hybridized carbons (Fsp3) is 0.500. The van der Waals surface area contributed by atoms with Gasteiger partial charge in [0, 0.05) is 24.0 Å². The number of benzene rings is 1. The highest BCUT2D eigenvalue weighted by Crippen LogP contribution is 2.19. The summed E-state index contributed by atoms with van der Waals surface area (Å²) in [4.78, 5) is 0. The molecule has 3 heteroatoms. The van der Waals surface area contributed by atoms with E-state index in [-0.39, 0.29) is 0 Å². The van der Waals surface area contributed by atoms with Gasteiger partial charge in [0.05, 0.1) is 6.61 Å². The molecule has 82 valence electrons. The van der Waals surface area contributed by atoms with Gasteiger partial charge in [-0.15, -0.1) is 0 Å². The normalized spacial score (nSPS) is 21.3. The minimum absolute atomic E-state index is 0.431. The number of nitrogens with two attached hydrogens (primary N) is 1. The zero-order valence-electron chi connectivity index (χ0n) is 9.12. The number of nitrogen functional groups attached to an aromatic ring is 1. The number of ether oxygens (including phenoxy) is 1. The molecule has 3 nitrogen and oxygen atoms in total. The number of anilines is 2. The average molecular weight is 206 g/mol. The van der Waals surface area contributed by atoms with Crippen LogP contribution < -0.4 is 11.1 Å². The van der Waals surface area contributed by atoms with Gasteiger partial charge in [0.25, 0.3) is 0 Å². The SMILES string of the molecule is Cc1cc(N)cc(NC2CCCOC2)c1. The molecule has 0 radical (unpaired) electrons. The second-order valence-electron chi connectivity index (χ2n) is 4.19. The van der Waals surface area contributed by atoms with Gasteiger partial charge >= 0.3 is 0 Å². The van der Waals surface area contributed by atoms with Crippen molar-refractivity contribution in [3.05, 3.63) is 23.8 Å². The highest BCUT2D eigenvalue weighted by atomic mass is 16.5. The Morgan fingerprint density at radius 1 is 1.40 bits per heavy atom. The van der Waals surface area contributed by atoms with Crippen LogP contribution in [0.2, 0.25) is 0 Å². The van der Waals surface area contributed by atoms with Crippen molar-refractivity contribution in [2.45, 2.75) is 25.8 Å². The van der Waals surface area contributed by atoms with Gasteiger partial charge in [-0.25, -0.2) is 0 Å². The summed E-state index contributed by atoms with van der Waals surface area (Å²) in [7, 11) is 0. The molecule has 1 heterocycles. The molecule has 0 saturated carbocycles. The summed E-state index contributed by atoms with van der Waals surface area (Å²) in [6, 6.07) is 6.50. The van der Waals surface area contributed by atoms with Crippen LogP contribution in [0.1, 0.15) is 18.4 Å². The van der Waals surface area contributed by atoms with Gasteiger partial charge in [0.15, 0.2) is 0 Å². The Labute approximate surface area is 90.6 Å². The number of nitrogens with one attached hydrogen (secondary N) is 1. The van der Waals surface area contributed by atoms with E-state index in [0.717, 1.165) is 31.0 Å². The van der Waals surface area contributed by atoms with E-state index >= 15 is 0 Å². The molecule has 1 aromatic carbocycles. The minimum atomic E-state index is 0.431. The molecule has 0 spiro atoms. The first-order valence-corrected chi connectivity index (χ1v) is 5.45. The van der Waals surface area contributed by atoms with Gasteiger partial charge in [0.2, 0.25) is 0 Å². The molecule has 1 atom stereocenters. The van der Waals surface area contributed by atoms with Crippen molar-refractivity contribution >= 4 is 11.4 Å². The number of hydrogen-bond donors (Lipinski definition) is 2. The lowest BCUT2D eigenvalue weighted by Crippen LogP contribution is -2.29. The quantitative estimate of drug-likeness (QED) is 0.729. The zero-order valence-corrected chi connectivity index (χ0v) is 9.12. The van der Waals surface area contributed by atoms with Gasteiger partial charge in [-0.05, 0) is 43.5 Å². The second-order valence-corrected chi connectivity index (χ2v) is 4.19. The van der Waals surface area contributed by atoms with E-state index in [1.165, 1.54) is 12.0 Å². The van der Waals surface area contributed by atoms with E-state index in [2.05, 4.69) is 18.3 Å². The molecule has 0 bridgehead atoms. The van der Waals surface area contributed by atoms with Crippen LogP contribution in [0.4, 0.5) is 11.4 Å². The van der Waals surface area contributed by atoms with Crippen LogP contribution in [0.25, 0.3) is 0 Å². The minimum Gasteiger partial charge on any atom is -0.399 e. The lowest BCUT2D eigenvalue weighted by atomic mass is 10.1. The first kappa shape index (κ1) is 10.3. The standard InChI is InChI=1S/C12H18N2O/c1-9-5-10(13)7-12(6-9)14-11-3-2-4-15-8-11/h5-7,11,14H,2-4,8,13H2,1H3. The second kappa shape index (κ2) is 4.53. The highest BCUT2D eigenvalue weighted by molar-refractivity contribution is 5.57. The monoisotopic (exact) mass is 206 g/mol. The summed E-state index contributed by atoms with van der Waals surface area (Å²) in [5.41, 5.74) is 8.90. The Hall–Kier alpha value is -1.22. The third-order valence-corrected chi connectivity index (χ3v) is 2.63. The summed E-state index contributed by atoms with van der Waals surface area (Å²) in [5.74, 6) is 0. The van der Waals surface area contributed by atoms with Crippen molar-refractivity contribution in [3.63, 3.8) is 0 Å². The molecule has 1 aromatic rings. The van der Waals surface area contributed by atoms with E-state index in [1.807, 2.05) is 12.1 Å². The van der Waals surface area contributed by atoms with Gasteiger partial charge in [0.1, 0.15) is 0 Å². The van der Waals surface area contributed by atoms with Crippen LogP contribution in [0.3, 0.4) is 0 Å². The fourth-order valence-electron chi connectivity index (χ4n) is 1.99. The van der Waals surface area contributed by atoms with E-state index in [1.54, 1.807) is 0 Å². The summed E-state index contributed by atoms with van der Waals surface area (Å²) in [6.07, 6.45) is 2.31. The molecule has 15 heavy (non-hydrogen) atoms. The van der Waals surface area contributed by atoms with Gasteiger partial charge < -0.3 is 15.8 Å². The molecular weight excluding hydrogens is 188 g/mol. The first-order chi connectivity index (χ1) is 7.24. The first-order valence-electron chi connectivity index (χ1n) is 5.45. The molecule has 1 saturated heterocycles. The predicted molar refractivity (Wildman–Crippen MR) is 63.1 cm³/mol. The highest BCUT2D eigenvalue weighted by Gasteiger charge is 2.13. The number of rotatable bonds is 2. The van der Waals surface area contributed by atoms with Crippen molar-refractivity contribution in [2.75, 3.05) is 24.3 Å². The Kier molecular flexibility index (Phi) is 3.11. The van der Waals surface area contributed by atoms with Crippen molar-refractivity contribution in [3.8, 4) is 0 Å². The predicted octanol–water partition coefficient (Wildman–Crippen LogP) is 2.17. The lowest BCUT2D eigenvalue weighted by molar-refractivity contribution is 0.0876. The summed E-state index contributed by atoms with van der Waals surface area (Å²) >= 11 is 0. The molecule has 0 amide bonds. The topological polar surface area (TPSA) is 47.3 Å². The molecular formula is C12H18N2O. The van der Waals surface area contributed by atoms with E-state index in [9.17, 15) is 0 Å². The summed E-state index contributed by atoms with van der Waals surface area (Å²) < 4.78 is 5.42. The molecule has 0 aliphatic carbocycles. The lowest BCUT2D eigenvalue weighted by Gasteiger charge is -2.24. The van der Waals surface area contributed by atoms with Crippen LogP contribution in [-0.4, -0.2) is 19.3 Å². The van der Waals surface area contributed by atoms with Crippen LogP contribution >= 0.6 is 0 Å². The molecule has 3 N–H and O–H groups in total. The van der Waals surface area contributed by atoms with Gasteiger partial charge in [-0.2, -0.15) is 0 Å². The Bertz CT molecular complexity index is 312. The van der Waals surface area contributed by atoms with Gasteiger partial charge in [-0.1, -0.05) is 0 Å². The van der Waals surface area contributed by atoms with Crippen LogP contribution in [0, 0.1) is 6.92 Å². The third-order valence-electron chi connectivity index (χ3n) is 2.63. The maximum absolute atomic E-state index is 5.79. The van der Waals surface area contributed by atoms with Crippen molar-refractivity contribution in [1.82, 2.24) is 0 Å². The molecule has 0 aromatic heterocycles. The van der Waals surface area contributed by atoms with E-state index < -0.39 is 0 Å².